The predicted molar refractivity (Wildman–Crippen MR) is 105 cm³/mol. The zero-order valence-corrected chi connectivity index (χ0v) is 16.2. The average Bonchev–Trinajstić information content (AvgIpc) is 2.86. The van der Waals surface area contributed by atoms with Crippen molar-refractivity contribution in [2.75, 3.05) is 31.1 Å². The number of hydrogen-bond donors (Lipinski definition) is 1. The molecule has 146 valence electrons. The molecule has 1 atom stereocenters. The van der Waals surface area contributed by atoms with E-state index in [1.165, 1.54) is 12.8 Å². The maximum absolute atomic E-state index is 12.4. The summed E-state index contributed by atoms with van der Waals surface area (Å²) in [5.41, 5.74) is 0.708. The van der Waals surface area contributed by atoms with Crippen LogP contribution in [0.1, 0.15) is 38.5 Å². The van der Waals surface area contributed by atoms with Gasteiger partial charge >= 0.3 is 0 Å². The molecule has 0 aromatic heterocycles. The van der Waals surface area contributed by atoms with E-state index in [2.05, 4.69) is 5.32 Å². The summed E-state index contributed by atoms with van der Waals surface area (Å²) in [5, 5.41) is 3.38. The number of rotatable bonds is 5. The fraction of sp³-hybridized carbons (Fsp3) is 0.550. The van der Waals surface area contributed by atoms with E-state index in [1.807, 2.05) is 11.0 Å². The van der Waals surface area contributed by atoms with Crippen LogP contribution in [0.15, 0.2) is 24.3 Å². The highest BCUT2D eigenvalue weighted by Crippen LogP contribution is 2.27. The molecule has 1 unspecified atom stereocenters. The van der Waals surface area contributed by atoms with Crippen LogP contribution in [0.25, 0.3) is 0 Å². The van der Waals surface area contributed by atoms with E-state index in [4.69, 9.17) is 11.6 Å². The SMILES string of the molecule is O=C(NCCC(=O)N1CCCCCC1)C1CC(=O)N(c2cccc(Cl)c2)C1. The summed E-state index contributed by atoms with van der Waals surface area (Å²) >= 11 is 5.99. The van der Waals surface area contributed by atoms with Gasteiger partial charge < -0.3 is 15.1 Å². The molecular formula is C20H26ClN3O3. The summed E-state index contributed by atoms with van der Waals surface area (Å²) in [6.07, 6.45) is 4.96. The zero-order chi connectivity index (χ0) is 19.2. The number of anilines is 1. The Bertz CT molecular complexity index is 701. The molecule has 0 radical (unpaired) electrons. The van der Waals surface area contributed by atoms with Crippen molar-refractivity contribution in [3.8, 4) is 0 Å². The Morgan fingerprint density at radius 1 is 1.15 bits per heavy atom. The number of carbonyl (C=O) groups excluding carboxylic acids is 3. The monoisotopic (exact) mass is 391 g/mol. The van der Waals surface area contributed by atoms with Gasteiger partial charge in [0.2, 0.25) is 17.7 Å². The highest BCUT2D eigenvalue weighted by molar-refractivity contribution is 6.31. The number of nitrogens with zero attached hydrogens (tertiary/aromatic N) is 2. The van der Waals surface area contributed by atoms with Crippen molar-refractivity contribution < 1.29 is 14.4 Å². The number of halogens is 1. The molecule has 2 saturated heterocycles. The lowest BCUT2D eigenvalue weighted by molar-refractivity contribution is -0.131. The zero-order valence-electron chi connectivity index (χ0n) is 15.5. The van der Waals surface area contributed by atoms with Crippen LogP contribution in [0.4, 0.5) is 5.69 Å². The molecule has 0 spiro atoms. The molecule has 2 aliphatic heterocycles. The summed E-state index contributed by atoms with van der Waals surface area (Å²) in [7, 11) is 0. The summed E-state index contributed by atoms with van der Waals surface area (Å²) in [5.74, 6) is -0.556. The summed E-state index contributed by atoms with van der Waals surface area (Å²) in [6, 6.07) is 7.06. The van der Waals surface area contributed by atoms with Crippen LogP contribution < -0.4 is 10.2 Å². The first-order valence-corrected chi connectivity index (χ1v) is 10.0. The third-order valence-corrected chi connectivity index (χ3v) is 5.45. The van der Waals surface area contributed by atoms with Gasteiger partial charge in [0.25, 0.3) is 0 Å². The van der Waals surface area contributed by atoms with Crippen LogP contribution in [0.3, 0.4) is 0 Å². The maximum atomic E-state index is 12.4. The Balaban J connectivity index is 1.46. The number of likely N-dealkylation sites (tertiary alicyclic amines) is 1. The molecule has 3 amide bonds. The summed E-state index contributed by atoms with van der Waals surface area (Å²) in [4.78, 5) is 40.4. The Labute approximate surface area is 164 Å². The molecule has 0 saturated carbocycles. The van der Waals surface area contributed by atoms with Crippen LogP contribution in [-0.2, 0) is 14.4 Å². The molecule has 1 aromatic carbocycles. The second-order valence-electron chi connectivity index (χ2n) is 7.22. The molecule has 2 fully saturated rings. The van der Waals surface area contributed by atoms with Crippen molar-refractivity contribution >= 4 is 35.0 Å². The number of amides is 3. The van der Waals surface area contributed by atoms with Gasteiger partial charge in [-0.1, -0.05) is 30.5 Å². The smallest absolute Gasteiger partial charge is 0.227 e. The van der Waals surface area contributed by atoms with E-state index < -0.39 is 5.92 Å². The van der Waals surface area contributed by atoms with Crippen LogP contribution in [0.5, 0.6) is 0 Å². The van der Waals surface area contributed by atoms with E-state index in [-0.39, 0.29) is 24.1 Å². The Hall–Kier alpha value is -2.08. The molecule has 2 heterocycles. The van der Waals surface area contributed by atoms with Crippen molar-refractivity contribution in [3.63, 3.8) is 0 Å². The Morgan fingerprint density at radius 2 is 1.89 bits per heavy atom. The second kappa shape index (κ2) is 9.22. The maximum Gasteiger partial charge on any atom is 0.227 e. The molecule has 6 nitrogen and oxygen atoms in total. The van der Waals surface area contributed by atoms with Crippen LogP contribution in [0.2, 0.25) is 5.02 Å². The topological polar surface area (TPSA) is 69.7 Å². The Morgan fingerprint density at radius 3 is 2.59 bits per heavy atom. The molecule has 1 N–H and O–H groups in total. The third-order valence-electron chi connectivity index (χ3n) is 5.21. The molecular weight excluding hydrogens is 366 g/mol. The molecule has 1 aromatic rings. The lowest BCUT2D eigenvalue weighted by atomic mass is 10.1. The van der Waals surface area contributed by atoms with Crippen molar-refractivity contribution in [2.45, 2.75) is 38.5 Å². The van der Waals surface area contributed by atoms with Gasteiger partial charge in [-0.3, -0.25) is 14.4 Å². The number of nitrogens with one attached hydrogen (secondary N) is 1. The largest absolute Gasteiger partial charge is 0.355 e. The van der Waals surface area contributed by atoms with Gasteiger partial charge in [-0.2, -0.15) is 0 Å². The van der Waals surface area contributed by atoms with Crippen molar-refractivity contribution in [1.29, 1.82) is 0 Å². The quantitative estimate of drug-likeness (QED) is 0.838. The molecule has 0 bridgehead atoms. The molecule has 2 aliphatic rings. The van der Waals surface area contributed by atoms with Gasteiger partial charge in [0.05, 0.1) is 5.92 Å². The minimum Gasteiger partial charge on any atom is -0.355 e. The third kappa shape index (κ3) is 5.22. The fourth-order valence-corrected chi connectivity index (χ4v) is 3.88. The Kier molecular flexibility index (Phi) is 6.72. The van der Waals surface area contributed by atoms with E-state index in [1.54, 1.807) is 23.1 Å². The van der Waals surface area contributed by atoms with Crippen molar-refractivity contribution in [3.05, 3.63) is 29.3 Å². The normalized spacial score (nSPS) is 20.5. The first kappa shape index (κ1) is 19.7. The van der Waals surface area contributed by atoms with Gasteiger partial charge in [0.1, 0.15) is 0 Å². The first-order chi connectivity index (χ1) is 13.0. The summed E-state index contributed by atoms with van der Waals surface area (Å²) < 4.78 is 0. The highest BCUT2D eigenvalue weighted by atomic mass is 35.5. The van der Waals surface area contributed by atoms with E-state index in [9.17, 15) is 14.4 Å². The highest BCUT2D eigenvalue weighted by Gasteiger charge is 2.35. The van der Waals surface area contributed by atoms with Gasteiger partial charge in [-0.05, 0) is 31.0 Å². The second-order valence-corrected chi connectivity index (χ2v) is 7.66. The van der Waals surface area contributed by atoms with Crippen molar-refractivity contribution in [1.82, 2.24) is 10.2 Å². The molecule has 27 heavy (non-hydrogen) atoms. The molecule has 7 heteroatoms. The lowest BCUT2D eigenvalue weighted by Crippen LogP contribution is -2.37. The number of benzene rings is 1. The van der Waals surface area contributed by atoms with E-state index in [0.717, 1.165) is 25.9 Å². The minimum absolute atomic E-state index is 0.0851. The van der Waals surface area contributed by atoms with Crippen LogP contribution in [-0.4, -0.2) is 48.8 Å². The van der Waals surface area contributed by atoms with Gasteiger partial charge in [0.15, 0.2) is 0 Å². The van der Waals surface area contributed by atoms with E-state index in [0.29, 0.717) is 30.2 Å². The van der Waals surface area contributed by atoms with Crippen molar-refractivity contribution in [2.24, 2.45) is 5.92 Å². The van der Waals surface area contributed by atoms with Gasteiger partial charge in [-0.15, -0.1) is 0 Å². The van der Waals surface area contributed by atoms with Crippen LogP contribution in [0, 0.1) is 5.92 Å². The molecule has 0 aliphatic carbocycles. The average molecular weight is 392 g/mol. The van der Waals surface area contributed by atoms with Crippen LogP contribution >= 0.6 is 11.6 Å². The lowest BCUT2D eigenvalue weighted by Gasteiger charge is -2.20. The number of carbonyl (C=O) groups is 3. The fourth-order valence-electron chi connectivity index (χ4n) is 3.69. The van der Waals surface area contributed by atoms with Gasteiger partial charge in [0, 0.05) is 49.7 Å². The minimum atomic E-state index is -0.398. The summed E-state index contributed by atoms with van der Waals surface area (Å²) in [6.45, 7) is 2.29. The standard InChI is InChI=1S/C20H26ClN3O3/c21-16-6-5-7-17(13-16)24-14-15(12-19(24)26)20(27)22-9-8-18(25)23-10-3-1-2-4-11-23/h5-7,13,15H,1-4,8-12,14H2,(H,22,27). The first-order valence-electron chi connectivity index (χ1n) is 9.66. The predicted octanol–water partition coefficient (Wildman–Crippen LogP) is 2.60. The number of hydrogen-bond acceptors (Lipinski definition) is 3. The molecule has 3 rings (SSSR count). The van der Waals surface area contributed by atoms with E-state index >= 15 is 0 Å². The van der Waals surface area contributed by atoms with Gasteiger partial charge in [-0.25, -0.2) is 0 Å².